The molecule has 2 heterocycles. The van der Waals surface area contributed by atoms with Crippen molar-refractivity contribution in [2.75, 3.05) is 0 Å². The van der Waals surface area contributed by atoms with Gasteiger partial charge in [-0.2, -0.15) is 0 Å². The van der Waals surface area contributed by atoms with E-state index in [0.29, 0.717) is 23.2 Å². The molecule has 296 valence electrons. The molecule has 11 aromatic rings. The fraction of sp³-hybridized carbons (Fsp3) is 0.0169. The van der Waals surface area contributed by atoms with Crippen molar-refractivity contribution in [2.24, 2.45) is 0 Å². The van der Waals surface area contributed by atoms with Gasteiger partial charge in [-0.25, -0.2) is 19.8 Å². The first-order valence-electron chi connectivity index (χ1n) is 21.5. The Bertz CT molecular complexity index is 3700. The van der Waals surface area contributed by atoms with Crippen LogP contribution in [0.5, 0.6) is 0 Å². The molecule has 0 fully saturated rings. The van der Waals surface area contributed by atoms with E-state index >= 15 is 0 Å². The SMILES string of the molecule is [C-]#[N+]c1ccc2sc3cc(-c4nc(-c5ccccc5)nc(-c5cccc(-c6cccc(-c7cccc8c7C7(c9ccccc9-c9ccccc97)c7ccccc7-8)c6)c5)n4)ccc3c2c1. The van der Waals surface area contributed by atoms with Gasteiger partial charge in [0, 0.05) is 26.1 Å². The Labute approximate surface area is 374 Å². The zero-order valence-electron chi connectivity index (χ0n) is 34.3. The summed E-state index contributed by atoms with van der Waals surface area (Å²) in [6.07, 6.45) is 0. The van der Waals surface area contributed by atoms with E-state index in [9.17, 15) is 0 Å². The molecule has 2 aliphatic carbocycles. The van der Waals surface area contributed by atoms with Crippen LogP contribution in [0.3, 0.4) is 0 Å². The highest BCUT2D eigenvalue weighted by Gasteiger charge is 2.52. The molecule has 0 N–H and O–H groups in total. The maximum atomic E-state index is 7.54. The maximum absolute atomic E-state index is 7.54. The van der Waals surface area contributed by atoms with E-state index in [-0.39, 0.29) is 0 Å². The fourth-order valence-corrected chi connectivity index (χ4v) is 11.5. The topological polar surface area (TPSA) is 43.0 Å². The van der Waals surface area contributed by atoms with Crippen LogP contribution in [0.4, 0.5) is 5.69 Å². The Kier molecular flexibility index (Phi) is 8.02. The zero-order chi connectivity index (χ0) is 42.4. The first kappa shape index (κ1) is 36.4. The fourth-order valence-electron chi connectivity index (χ4n) is 10.4. The summed E-state index contributed by atoms with van der Waals surface area (Å²) < 4.78 is 2.28. The molecule has 64 heavy (non-hydrogen) atoms. The highest BCUT2D eigenvalue weighted by Crippen LogP contribution is 2.64. The van der Waals surface area contributed by atoms with Crippen molar-refractivity contribution in [3.63, 3.8) is 0 Å². The normalized spacial score (nSPS) is 12.8. The molecule has 4 nitrogen and oxygen atoms in total. The van der Waals surface area contributed by atoms with Gasteiger partial charge in [0.15, 0.2) is 23.2 Å². The van der Waals surface area contributed by atoms with Crippen LogP contribution in [0.2, 0.25) is 0 Å². The summed E-state index contributed by atoms with van der Waals surface area (Å²) in [5, 5.41) is 2.22. The average molecular weight is 831 g/mol. The number of hydrogen-bond acceptors (Lipinski definition) is 4. The minimum Gasteiger partial charge on any atom is -0.238 e. The molecular formula is C59H34N4S. The number of nitrogens with zero attached hydrogens (tertiary/aromatic N) is 4. The average Bonchev–Trinajstić information content (AvgIpc) is 4.00. The van der Waals surface area contributed by atoms with Gasteiger partial charge in [0.1, 0.15) is 0 Å². The molecule has 9 aromatic carbocycles. The Morgan fingerprint density at radius 3 is 1.53 bits per heavy atom. The smallest absolute Gasteiger partial charge is 0.187 e. The summed E-state index contributed by atoms with van der Waals surface area (Å²) in [6.45, 7) is 7.54. The minimum atomic E-state index is -0.443. The van der Waals surface area contributed by atoms with Crippen LogP contribution in [-0.2, 0) is 5.41 Å². The third-order valence-corrected chi connectivity index (χ3v) is 14.3. The Morgan fingerprint density at radius 1 is 0.359 bits per heavy atom. The third kappa shape index (κ3) is 5.37. The summed E-state index contributed by atoms with van der Waals surface area (Å²) in [4.78, 5) is 19.0. The van der Waals surface area contributed by atoms with Gasteiger partial charge in [-0.15, -0.1) is 11.3 Å². The first-order valence-corrected chi connectivity index (χ1v) is 22.3. The first-order chi connectivity index (χ1) is 31.7. The molecule has 0 aliphatic heterocycles. The van der Waals surface area contributed by atoms with Crippen molar-refractivity contribution in [3.05, 3.63) is 240 Å². The lowest BCUT2D eigenvalue weighted by Gasteiger charge is -2.32. The van der Waals surface area contributed by atoms with Crippen molar-refractivity contribution in [2.45, 2.75) is 5.41 Å². The molecule has 2 aromatic heterocycles. The summed E-state index contributed by atoms with van der Waals surface area (Å²) in [6, 6.07) is 73.8. The molecule has 0 amide bonds. The van der Waals surface area contributed by atoms with Crippen LogP contribution in [-0.4, -0.2) is 15.0 Å². The van der Waals surface area contributed by atoms with E-state index in [1.807, 2.05) is 48.5 Å². The monoisotopic (exact) mass is 830 g/mol. The predicted molar refractivity (Wildman–Crippen MR) is 262 cm³/mol. The van der Waals surface area contributed by atoms with Crippen molar-refractivity contribution in [1.29, 1.82) is 0 Å². The van der Waals surface area contributed by atoms with E-state index in [2.05, 4.69) is 163 Å². The van der Waals surface area contributed by atoms with E-state index in [1.165, 1.54) is 55.6 Å². The van der Waals surface area contributed by atoms with Gasteiger partial charge in [-0.05, 0) is 102 Å². The molecule has 13 rings (SSSR count). The van der Waals surface area contributed by atoms with Crippen LogP contribution < -0.4 is 0 Å². The maximum Gasteiger partial charge on any atom is 0.187 e. The van der Waals surface area contributed by atoms with Crippen LogP contribution in [0, 0.1) is 6.57 Å². The summed E-state index contributed by atoms with van der Waals surface area (Å²) in [5.41, 5.74) is 18.1. The number of rotatable bonds is 5. The summed E-state index contributed by atoms with van der Waals surface area (Å²) >= 11 is 1.72. The number of aromatic nitrogens is 3. The molecule has 1 spiro atoms. The molecule has 0 unspecified atom stereocenters. The van der Waals surface area contributed by atoms with Gasteiger partial charge >= 0.3 is 0 Å². The third-order valence-electron chi connectivity index (χ3n) is 13.2. The lowest BCUT2D eigenvalue weighted by Crippen LogP contribution is -2.26. The van der Waals surface area contributed by atoms with Gasteiger partial charge in [0.2, 0.25) is 0 Å². The molecule has 2 aliphatic rings. The van der Waals surface area contributed by atoms with Gasteiger partial charge in [-0.1, -0.05) is 182 Å². The van der Waals surface area contributed by atoms with Crippen molar-refractivity contribution >= 4 is 37.2 Å². The van der Waals surface area contributed by atoms with Gasteiger partial charge in [-0.3, -0.25) is 0 Å². The van der Waals surface area contributed by atoms with Gasteiger partial charge < -0.3 is 0 Å². The molecule has 5 heteroatoms. The summed E-state index contributed by atoms with van der Waals surface area (Å²) in [5.74, 6) is 1.84. The minimum absolute atomic E-state index is 0.443. The second-order valence-corrected chi connectivity index (χ2v) is 17.6. The number of hydrogen-bond donors (Lipinski definition) is 0. The van der Waals surface area contributed by atoms with E-state index < -0.39 is 5.41 Å². The Hall–Kier alpha value is -8.30. The Balaban J connectivity index is 0.940. The van der Waals surface area contributed by atoms with Crippen LogP contribution in [0.25, 0.3) is 104 Å². The van der Waals surface area contributed by atoms with Gasteiger partial charge in [0.05, 0.1) is 12.0 Å². The molecule has 0 saturated carbocycles. The Morgan fingerprint density at radius 2 is 0.859 bits per heavy atom. The highest BCUT2D eigenvalue weighted by atomic mass is 32.1. The number of benzene rings is 9. The van der Waals surface area contributed by atoms with E-state index in [0.717, 1.165) is 48.0 Å². The van der Waals surface area contributed by atoms with Crippen molar-refractivity contribution in [1.82, 2.24) is 15.0 Å². The second kappa shape index (κ2) is 14.1. The van der Waals surface area contributed by atoms with Crippen LogP contribution in [0.15, 0.2) is 206 Å². The lowest BCUT2D eigenvalue weighted by atomic mass is 9.68. The molecule has 0 atom stereocenters. The highest BCUT2D eigenvalue weighted by molar-refractivity contribution is 7.25. The molecule has 0 bridgehead atoms. The van der Waals surface area contributed by atoms with E-state index in [4.69, 9.17) is 21.5 Å². The van der Waals surface area contributed by atoms with Crippen LogP contribution >= 0.6 is 11.3 Å². The van der Waals surface area contributed by atoms with E-state index in [1.54, 1.807) is 11.3 Å². The summed E-state index contributed by atoms with van der Waals surface area (Å²) in [7, 11) is 0. The molecular weight excluding hydrogens is 797 g/mol. The quantitative estimate of drug-likeness (QED) is 0.162. The van der Waals surface area contributed by atoms with Crippen molar-refractivity contribution < 1.29 is 0 Å². The van der Waals surface area contributed by atoms with Gasteiger partial charge in [0.25, 0.3) is 0 Å². The zero-order valence-corrected chi connectivity index (χ0v) is 35.1. The number of fused-ring (bicyclic) bond motifs is 13. The second-order valence-electron chi connectivity index (χ2n) is 16.6. The van der Waals surface area contributed by atoms with Crippen molar-refractivity contribution in [3.8, 4) is 78.7 Å². The standard InChI is InChI=1S/C59H34N4S/c1-60-42-29-31-53-49(35-42)47-30-28-41(34-54(47)64-53)58-62-56(36-14-3-2-4-15-36)61-57(63-58)40-19-12-17-38(33-40)37-16-11-18-39(32-37)43-23-13-24-48-46-22-7-10-27-52(46)59(55(43)48)50-25-8-5-20-44(50)45-21-6-9-26-51(45)59/h2-35H. The lowest BCUT2D eigenvalue weighted by molar-refractivity contribution is 0.796. The molecule has 0 saturated heterocycles. The molecule has 0 radical (unpaired) electrons. The number of thiophene rings is 1. The predicted octanol–water partition coefficient (Wildman–Crippen LogP) is 15.5. The largest absolute Gasteiger partial charge is 0.238 e. The van der Waals surface area contributed by atoms with Crippen LogP contribution in [0.1, 0.15) is 22.3 Å².